The normalized spacial score (nSPS) is 20.1. The van der Waals surface area contributed by atoms with Crippen molar-refractivity contribution in [1.82, 2.24) is 10.3 Å². The minimum absolute atomic E-state index is 0.507. The number of aromatic nitrogens is 1. The van der Waals surface area contributed by atoms with Gasteiger partial charge in [-0.15, -0.1) is 11.3 Å². The van der Waals surface area contributed by atoms with E-state index in [4.69, 9.17) is 4.98 Å². The lowest BCUT2D eigenvalue weighted by Gasteiger charge is -2.19. The summed E-state index contributed by atoms with van der Waals surface area (Å²) in [6.45, 7) is 4.56. The van der Waals surface area contributed by atoms with Crippen LogP contribution in [0.5, 0.6) is 0 Å². The van der Waals surface area contributed by atoms with Gasteiger partial charge >= 0.3 is 0 Å². The van der Waals surface area contributed by atoms with Gasteiger partial charge in [0, 0.05) is 4.88 Å². The van der Waals surface area contributed by atoms with Crippen molar-refractivity contribution < 1.29 is 0 Å². The molecule has 0 bridgehead atoms. The quantitative estimate of drug-likeness (QED) is 0.870. The lowest BCUT2D eigenvalue weighted by atomic mass is 9.98. The molecule has 1 heterocycles. The molecule has 2 rings (SSSR count). The highest BCUT2D eigenvalue weighted by Crippen LogP contribution is 2.33. The van der Waals surface area contributed by atoms with Gasteiger partial charge in [-0.25, -0.2) is 4.98 Å². The first-order valence-corrected chi connectivity index (χ1v) is 7.18. The van der Waals surface area contributed by atoms with Crippen molar-refractivity contribution in [2.45, 2.75) is 52.0 Å². The van der Waals surface area contributed by atoms with E-state index in [9.17, 15) is 0 Å². The Morgan fingerprint density at radius 3 is 3.00 bits per heavy atom. The Bertz CT molecular complexity index is 344. The molecule has 0 saturated carbocycles. The van der Waals surface area contributed by atoms with Crippen LogP contribution in [0.15, 0.2) is 0 Å². The van der Waals surface area contributed by atoms with Crippen LogP contribution in [0.2, 0.25) is 0 Å². The summed E-state index contributed by atoms with van der Waals surface area (Å²) >= 11 is 1.95. The molecular formula is C13H22N2S. The van der Waals surface area contributed by atoms with E-state index in [-0.39, 0.29) is 0 Å². The monoisotopic (exact) mass is 238 g/mol. The molecule has 90 valence electrons. The smallest absolute Gasteiger partial charge is 0.0931 e. The summed E-state index contributed by atoms with van der Waals surface area (Å²) in [5.74, 6) is 0.779. The Balaban J connectivity index is 2.09. The lowest BCUT2D eigenvalue weighted by molar-refractivity contribution is 0.488. The maximum Gasteiger partial charge on any atom is 0.0931 e. The molecule has 1 atom stereocenters. The second kappa shape index (κ2) is 5.28. The molecule has 0 radical (unpaired) electrons. The first kappa shape index (κ1) is 12.1. The third-order valence-corrected chi connectivity index (χ3v) is 4.47. The molecule has 16 heavy (non-hydrogen) atoms. The lowest BCUT2D eigenvalue weighted by Crippen LogP contribution is -2.21. The van der Waals surface area contributed by atoms with Crippen LogP contribution >= 0.6 is 11.3 Å². The molecule has 0 amide bonds. The third kappa shape index (κ3) is 2.64. The second-order valence-electron chi connectivity index (χ2n) is 5.08. The maximum absolute atomic E-state index is 4.83. The van der Waals surface area contributed by atoms with Gasteiger partial charge in [0.15, 0.2) is 0 Å². The van der Waals surface area contributed by atoms with Gasteiger partial charge < -0.3 is 5.32 Å². The van der Waals surface area contributed by atoms with Gasteiger partial charge in [0.2, 0.25) is 0 Å². The predicted octanol–water partition coefficient (Wildman–Crippen LogP) is 3.33. The van der Waals surface area contributed by atoms with Gasteiger partial charge in [-0.1, -0.05) is 13.8 Å². The second-order valence-corrected chi connectivity index (χ2v) is 6.25. The largest absolute Gasteiger partial charge is 0.312 e. The Morgan fingerprint density at radius 1 is 1.50 bits per heavy atom. The highest BCUT2D eigenvalue weighted by Gasteiger charge is 2.23. The molecule has 0 aromatic carbocycles. The summed E-state index contributed by atoms with van der Waals surface area (Å²) in [7, 11) is 2.05. The van der Waals surface area contributed by atoms with Gasteiger partial charge in [-0.2, -0.15) is 0 Å². The van der Waals surface area contributed by atoms with Crippen molar-refractivity contribution in [1.29, 1.82) is 0 Å². The zero-order valence-electron chi connectivity index (χ0n) is 10.5. The van der Waals surface area contributed by atoms with E-state index in [2.05, 4.69) is 19.2 Å². The summed E-state index contributed by atoms with van der Waals surface area (Å²) in [5.41, 5.74) is 1.34. The fourth-order valence-corrected chi connectivity index (χ4v) is 3.46. The first-order valence-electron chi connectivity index (χ1n) is 6.36. The highest BCUT2D eigenvalue weighted by atomic mass is 32.1. The fraction of sp³-hybridized carbons (Fsp3) is 0.769. The van der Waals surface area contributed by atoms with Crippen molar-refractivity contribution in [2.75, 3.05) is 7.05 Å². The van der Waals surface area contributed by atoms with Crippen molar-refractivity contribution in [3.63, 3.8) is 0 Å². The third-order valence-electron chi connectivity index (χ3n) is 3.28. The van der Waals surface area contributed by atoms with Crippen molar-refractivity contribution in [2.24, 2.45) is 5.92 Å². The Labute approximate surface area is 102 Å². The van der Waals surface area contributed by atoms with Gasteiger partial charge in [0.25, 0.3) is 0 Å². The molecule has 1 aromatic heterocycles. The molecule has 1 aromatic rings. The van der Waals surface area contributed by atoms with E-state index in [1.165, 1.54) is 41.3 Å². The van der Waals surface area contributed by atoms with E-state index in [1.54, 1.807) is 0 Å². The number of rotatable bonds is 4. The first-order chi connectivity index (χ1) is 7.70. The summed E-state index contributed by atoms with van der Waals surface area (Å²) in [6, 6.07) is 0.507. The van der Waals surface area contributed by atoms with Gasteiger partial charge in [-0.05, 0) is 45.1 Å². The van der Waals surface area contributed by atoms with E-state index in [0.29, 0.717) is 6.04 Å². The van der Waals surface area contributed by atoms with Crippen LogP contribution in [0.25, 0.3) is 0 Å². The number of aryl methyl sites for hydroxylation is 2. The fourth-order valence-electron chi connectivity index (χ4n) is 2.27. The Morgan fingerprint density at radius 2 is 2.31 bits per heavy atom. The maximum atomic E-state index is 4.83. The molecule has 3 heteroatoms. The Kier molecular flexibility index (Phi) is 3.98. The van der Waals surface area contributed by atoms with Crippen molar-refractivity contribution in [3.8, 4) is 0 Å². The van der Waals surface area contributed by atoms with Crippen LogP contribution in [0, 0.1) is 5.92 Å². The molecular weight excluding hydrogens is 216 g/mol. The topological polar surface area (TPSA) is 24.9 Å². The molecule has 1 N–H and O–H groups in total. The molecule has 0 saturated heterocycles. The van der Waals surface area contributed by atoms with E-state index >= 15 is 0 Å². The summed E-state index contributed by atoms with van der Waals surface area (Å²) in [5, 5.41) is 4.73. The van der Waals surface area contributed by atoms with Gasteiger partial charge in [0.05, 0.1) is 16.7 Å². The van der Waals surface area contributed by atoms with Crippen LogP contribution in [0.1, 0.15) is 54.7 Å². The van der Waals surface area contributed by atoms with Crippen molar-refractivity contribution >= 4 is 11.3 Å². The minimum Gasteiger partial charge on any atom is -0.312 e. The molecule has 0 spiro atoms. The number of fused-ring (bicyclic) bond motifs is 1. The average molecular weight is 238 g/mol. The molecule has 1 aliphatic carbocycles. The molecule has 0 fully saturated rings. The summed E-state index contributed by atoms with van der Waals surface area (Å²) in [6.07, 6.45) is 6.22. The van der Waals surface area contributed by atoms with Crippen molar-refractivity contribution in [3.05, 3.63) is 15.6 Å². The number of thiazole rings is 1. The van der Waals surface area contributed by atoms with Crippen LogP contribution < -0.4 is 5.32 Å². The van der Waals surface area contributed by atoms with E-state index < -0.39 is 0 Å². The van der Waals surface area contributed by atoms with Gasteiger partial charge in [0.1, 0.15) is 0 Å². The number of hydrogen-bond acceptors (Lipinski definition) is 3. The predicted molar refractivity (Wildman–Crippen MR) is 70.0 cm³/mol. The standard InChI is InChI=1S/C13H22N2S/c1-9(2)7-8-12-15-13-10(14-3)5-4-6-11(13)16-12/h9-10,14H,4-8H2,1-3H3. The van der Waals surface area contributed by atoms with Crippen LogP contribution in [0.3, 0.4) is 0 Å². The van der Waals surface area contributed by atoms with Crippen LogP contribution in [-0.4, -0.2) is 12.0 Å². The minimum atomic E-state index is 0.507. The average Bonchev–Trinajstić information content (AvgIpc) is 2.68. The zero-order chi connectivity index (χ0) is 11.5. The highest BCUT2D eigenvalue weighted by molar-refractivity contribution is 7.11. The number of nitrogens with zero attached hydrogens (tertiary/aromatic N) is 1. The van der Waals surface area contributed by atoms with Crippen LogP contribution in [0.4, 0.5) is 0 Å². The SMILES string of the molecule is CNC1CCCc2sc(CCC(C)C)nc21. The molecule has 0 aliphatic heterocycles. The van der Waals surface area contributed by atoms with E-state index in [1.807, 2.05) is 18.4 Å². The van der Waals surface area contributed by atoms with Crippen LogP contribution in [-0.2, 0) is 12.8 Å². The number of hydrogen-bond donors (Lipinski definition) is 1. The molecule has 1 aliphatic rings. The summed E-state index contributed by atoms with van der Waals surface area (Å²) < 4.78 is 0. The Hall–Kier alpha value is -0.410. The van der Waals surface area contributed by atoms with E-state index in [0.717, 1.165) is 12.3 Å². The van der Waals surface area contributed by atoms with Gasteiger partial charge in [-0.3, -0.25) is 0 Å². The zero-order valence-corrected chi connectivity index (χ0v) is 11.4. The molecule has 1 unspecified atom stereocenters. The number of nitrogens with one attached hydrogen (secondary N) is 1. The summed E-state index contributed by atoms with van der Waals surface area (Å²) in [4.78, 5) is 6.36. The molecule has 2 nitrogen and oxygen atoms in total.